The van der Waals surface area contributed by atoms with Gasteiger partial charge in [-0.05, 0) is 31.6 Å². The van der Waals surface area contributed by atoms with Crippen LogP contribution >= 0.6 is 0 Å². The number of ether oxygens (including phenoxy) is 1. The fraction of sp³-hybridized carbons (Fsp3) is 0.812. The zero-order valence-electron chi connectivity index (χ0n) is 13.9. The number of methoxy groups -OCH3 is 1. The summed E-state index contributed by atoms with van der Waals surface area (Å²) in [6.07, 6.45) is 4.06. The van der Waals surface area contributed by atoms with Crippen LogP contribution in [0.15, 0.2) is 0 Å². The van der Waals surface area contributed by atoms with E-state index >= 15 is 0 Å². The predicted molar refractivity (Wildman–Crippen MR) is 82.6 cm³/mol. The van der Waals surface area contributed by atoms with Crippen molar-refractivity contribution in [3.8, 4) is 0 Å². The van der Waals surface area contributed by atoms with Gasteiger partial charge in [0, 0.05) is 38.6 Å². The van der Waals surface area contributed by atoms with Crippen LogP contribution in [0.1, 0.15) is 32.1 Å². The summed E-state index contributed by atoms with van der Waals surface area (Å²) in [5, 5.41) is 0. The molecule has 128 valence electrons. The lowest BCUT2D eigenvalue weighted by Gasteiger charge is -2.47. The minimum absolute atomic E-state index is 0.0370. The molecule has 0 aromatic rings. The van der Waals surface area contributed by atoms with Crippen LogP contribution in [0.25, 0.3) is 0 Å². The zero-order chi connectivity index (χ0) is 16.6. The standard InChI is InChI=1S/C16H25N3O4/c1-17(16(22)23-2)10-15(21)18-8-7-13-11(9-18)3-6-14(20)19(13)12-4-5-12/h11-13H,3-10H2,1-2H3/t11-,13+/m1/s1. The second kappa shape index (κ2) is 6.37. The van der Waals surface area contributed by atoms with Crippen LogP contribution in [-0.2, 0) is 14.3 Å². The zero-order valence-corrected chi connectivity index (χ0v) is 13.9. The highest BCUT2D eigenvalue weighted by atomic mass is 16.5. The number of carbonyl (C=O) groups is 3. The number of hydrogen-bond acceptors (Lipinski definition) is 4. The van der Waals surface area contributed by atoms with Gasteiger partial charge in [-0.25, -0.2) is 4.79 Å². The monoisotopic (exact) mass is 323 g/mol. The highest BCUT2D eigenvalue weighted by Crippen LogP contribution is 2.38. The lowest BCUT2D eigenvalue weighted by molar-refractivity contribution is -0.145. The molecule has 0 radical (unpaired) electrons. The van der Waals surface area contributed by atoms with Crippen LogP contribution in [0.4, 0.5) is 4.79 Å². The second-order valence-corrected chi connectivity index (χ2v) is 6.85. The van der Waals surface area contributed by atoms with E-state index in [2.05, 4.69) is 9.64 Å². The van der Waals surface area contributed by atoms with Gasteiger partial charge in [-0.1, -0.05) is 0 Å². The molecule has 3 fully saturated rings. The van der Waals surface area contributed by atoms with Crippen LogP contribution in [0.2, 0.25) is 0 Å². The summed E-state index contributed by atoms with van der Waals surface area (Å²) in [4.78, 5) is 41.2. The maximum atomic E-state index is 12.4. The second-order valence-electron chi connectivity index (χ2n) is 6.85. The Labute approximate surface area is 136 Å². The van der Waals surface area contributed by atoms with Crippen LogP contribution in [0.5, 0.6) is 0 Å². The summed E-state index contributed by atoms with van der Waals surface area (Å²) < 4.78 is 4.62. The Morgan fingerprint density at radius 3 is 2.65 bits per heavy atom. The molecule has 0 unspecified atom stereocenters. The van der Waals surface area contributed by atoms with Crippen LogP contribution in [0, 0.1) is 5.92 Å². The van der Waals surface area contributed by atoms with E-state index in [0.717, 1.165) is 25.7 Å². The number of hydrogen-bond donors (Lipinski definition) is 0. The van der Waals surface area contributed by atoms with Crippen molar-refractivity contribution in [2.24, 2.45) is 5.92 Å². The lowest BCUT2D eigenvalue weighted by atomic mass is 9.83. The highest BCUT2D eigenvalue weighted by molar-refractivity contribution is 5.82. The molecule has 7 nitrogen and oxygen atoms in total. The molecule has 3 aliphatic rings. The van der Waals surface area contributed by atoms with Crippen molar-refractivity contribution in [1.29, 1.82) is 0 Å². The third-order valence-electron chi connectivity index (χ3n) is 5.22. The lowest BCUT2D eigenvalue weighted by Crippen LogP contribution is -2.58. The fourth-order valence-corrected chi connectivity index (χ4v) is 3.87. The predicted octanol–water partition coefficient (Wildman–Crippen LogP) is 0.687. The molecule has 1 saturated carbocycles. The fourth-order valence-electron chi connectivity index (χ4n) is 3.87. The smallest absolute Gasteiger partial charge is 0.409 e. The van der Waals surface area contributed by atoms with Crippen molar-refractivity contribution in [3.63, 3.8) is 0 Å². The Kier molecular flexibility index (Phi) is 4.46. The van der Waals surface area contributed by atoms with Gasteiger partial charge in [0.15, 0.2) is 0 Å². The number of nitrogens with zero attached hydrogens (tertiary/aromatic N) is 3. The number of fused-ring (bicyclic) bond motifs is 1. The Hall–Kier alpha value is -1.79. The quantitative estimate of drug-likeness (QED) is 0.766. The molecule has 0 spiro atoms. The molecule has 1 aliphatic carbocycles. The molecule has 2 heterocycles. The molecular weight excluding hydrogens is 298 g/mol. The Morgan fingerprint density at radius 1 is 1.26 bits per heavy atom. The van der Waals surface area contributed by atoms with Crippen LogP contribution in [-0.4, -0.2) is 78.5 Å². The molecule has 7 heteroatoms. The van der Waals surface area contributed by atoms with Crippen molar-refractivity contribution in [3.05, 3.63) is 0 Å². The molecule has 0 N–H and O–H groups in total. The molecule has 0 bridgehead atoms. The highest BCUT2D eigenvalue weighted by Gasteiger charge is 2.45. The summed E-state index contributed by atoms with van der Waals surface area (Å²) in [5.41, 5.74) is 0. The van der Waals surface area contributed by atoms with E-state index in [0.29, 0.717) is 43.4 Å². The van der Waals surface area contributed by atoms with Crippen molar-refractivity contribution >= 4 is 17.9 Å². The van der Waals surface area contributed by atoms with Gasteiger partial charge in [0.25, 0.3) is 0 Å². The molecule has 0 aromatic carbocycles. The topological polar surface area (TPSA) is 70.2 Å². The van der Waals surface area contributed by atoms with Gasteiger partial charge in [0.05, 0.1) is 7.11 Å². The summed E-state index contributed by atoms with van der Waals surface area (Å²) in [5.74, 6) is 0.611. The molecule has 2 aliphatic heterocycles. The van der Waals surface area contributed by atoms with Crippen LogP contribution < -0.4 is 0 Å². The first-order valence-corrected chi connectivity index (χ1v) is 8.39. The average Bonchev–Trinajstić information content (AvgIpc) is 3.38. The van der Waals surface area contributed by atoms with E-state index in [-0.39, 0.29) is 12.5 Å². The Balaban J connectivity index is 1.58. The van der Waals surface area contributed by atoms with Gasteiger partial charge >= 0.3 is 6.09 Å². The van der Waals surface area contributed by atoms with Crippen molar-refractivity contribution in [2.45, 2.75) is 44.2 Å². The normalized spacial score (nSPS) is 27.5. The third-order valence-corrected chi connectivity index (χ3v) is 5.22. The van der Waals surface area contributed by atoms with E-state index in [9.17, 15) is 14.4 Å². The summed E-state index contributed by atoms with van der Waals surface area (Å²) in [6, 6.07) is 0.745. The molecule has 0 aromatic heterocycles. The molecule has 3 rings (SSSR count). The largest absolute Gasteiger partial charge is 0.453 e. The van der Waals surface area contributed by atoms with E-state index in [1.165, 1.54) is 12.0 Å². The number of carbonyl (C=O) groups excluding carboxylic acids is 3. The number of rotatable bonds is 3. The van der Waals surface area contributed by atoms with E-state index in [4.69, 9.17) is 0 Å². The van der Waals surface area contributed by atoms with E-state index in [1.54, 1.807) is 7.05 Å². The van der Waals surface area contributed by atoms with Gasteiger partial charge in [-0.2, -0.15) is 0 Å². The first-order valence-electron chi connectivity index (χ1n) is 8.39. The van der Waals surface area contributed by atoms with Gasteiger partial charge in [0.2, 0.25) is 11.8 Å². The third kappa shape index (κ3) is 3.28. The van der Waals surface area contributed by atoms with E-state index in [1.807, 2.05) is 4.90 Å². The Morgan fingerprint density at radius 2 is 2.00 bits per heavy atom. The van der Waals surface area contributed by atoms with Crippen LogP contribution in [0.3, 0.4) is 0 Å². The summed E-state index contributed by atoms with van der Waals surface area (Å²) in [6.45, 7) is 1.38. The maximum Gasteiger partial charge on any atom is 0.409 e. The van der Waals surface area contributed by atoms with E-state index < -0.39 is 6.09 Å². The first kappa shape index (κ1) is 16.1. The van der Waals surface area contributed by atoms with Gasteiger partial charge < -0.3 is 19.4 Å². The van der Waals surface area contributed by atoms with Gasteiger partial charge in [-0.3, -0.25) is 9.59 Å². The summed E-state index contributed by atoms with van der Waals surface area (Å²) in [7, 11) is 2.87. The average molecular weight is 323 g/mol. The van der Waals surface area contributed by atoms with Crippen molar-refractivity contribution < 1.29 is 19.1 Å². The maximum absolute atomic E-state index is 12.4. The molecule has 2 saturated heterocycles. The first-order chi connectivity index (χ1) is 11.0. The van der Waals surface area contributed by atoms with Crippen molar-refractivity contribution in [1.82, 2.24) is 14.7 Å². The molecule has 2 atom stereocenters. The Bertz CT molecular complexity index is 506. The summed E-state index contributed by atoms with van der Waals surface area (Å²) >= 11 is 0. The minimum atomic E-state index is -0.503. The number of likely N-dealkylation sites (tertiary alicyclic amines) is 2. The SMILES string of the molecule is COC(=O)N(C)CC(=O)N1CC[C@H]2[C@H](CCC(=O)N2C2CC2)C1. The minimum Gasteiger partial charge on any atom is -0.453 e. The molecule has 3 amide bonds. The van der Waals surface area contributed by atoms with Gasteiger partial charge in [0.1, 0.15) is 6.54 Å². The number of likely N-dealkylation sites (N-methyl/N-ethyl adjacent to an activating group) is 1. The van der Waals surface area contributed by atoms with Crippen molar-refractivity contribution in [2.75, 3.05) is 33.8 Å². The number of piperidine rings is 2. The van der Waals surface area contributed by atoms with Gasteiger partial charge in [-0.15, -0.1) is 0 Å². The number of amides is 3. The molecular formula is C16H25N3O4. The molecule has 23 heavy (non-hydrogen) atoms.